The molecular weight excluding hydrogens is 400 g/mol. The van der Waals surface area contributed by atoms with Crippen molar-refractivity contribution in [1.29, 1.82) is 5.41 Å². The molecule has 3 N–H and O–H groups in total. The number of anilines is 1. The lowest BCUT2D eigenvalue weighted by molar-refractivity contribution is 0.388. The second kappa shape index (κ2) is 7.21. The molecule has 1 atom stereocenters. The average Bonchev–Trinajstić information content (AvgIpc) is 3.17. The molecule has 0 bridgehead atoms. The van der Waals surface area contributed by atoms with Crippen LogP contribution < -0.4 is 10.1 Å². The van der Waals surface area contributed by atoms with Crippen molar-refractivity contribution in [3.8, 4) is 5.75 Å². The SMILES string of the molecule is COc1cc[nH]c1/C=C1/c2c(ccc3c2N=C(CCCc2ccccc2)C3=N)NC12CO2. The Labute approximate surface area is 186 Å². The number of aromatic nitrogens is 1. The van der Waals surface area contributed by atoms with Crippen molar-refractivity contribution >= 4 is 34.4 Å². The molecule has 1 aromatic heterocycles. The molecule has 3 aromatic rings. The molecule has 0 aliphatic carbocycles. The highest BCUT2D eigenvalue weighted by Gasteiger charge is 2.55. The van der Waals surface area contributed by atoms with E-state index in [2.05, 4.69) is 40.6 Å². The third-order valence-corrected chi connectivity index (χ3v) is 6.43. The predicted octanol–water partition coefficient (Wildman–Crippen LogP) is 5.19. The van der Waals surface area contributed by atoms with E-state index in [9.17, 15) is 0 Å². The van der Waals surface area contributed by atoms with Gasteiger partial charge in [-0.15, -0.1) is 0 Å². The van der Waals surface area contributed by atoms with E-state index in [1.54, 1.807) is 7.11 Å². The monoisotopic (exact) mass is 424 g/mol. The largest absolute Gasteiger partial charge is 0.495 e. The van der Waals surface area contributed by atoms with Crippen LogP contribution in [-0.2, 0) is 11.2 Å². The molecule has 1 unspecified atom stereocenters. The first-order chi connectivity index (χ1) is 15.7. The number of methoxy groups -OCH3 is 1. The average molecular weight is 425 g/mol. The highest BCUT2D eigenvalue weighted by molar-refractivity contribution is 6.51. The van der Waals surface area contributed by atoms with Gasteiger partial charge in [0, 0.05) is 28.6 Å². The van der Waals surface area contributed by atoms with Gasteiger partial charge in [0.2, 0.25) is 0 Å². The molecule has 0 radical (unpaired) electrons. The Morgan fingerprint density at radius 1 is 1.16 bits per heavy atom. The van der Waals surface area contributed by atoms with Crippen molar-refractivity contribution in [2.24, 2.45) is 4.99 Å². The summed E-state index contributed by atoms with van der Waals surface area (Å²) in [5.41, 5.74) is 7.92. The number of epoxide rings is 1. The summed E-state index contributed by atoms with van der Waals surface area (Å²) in [6.07, 6.45) is 6.68. The number of ether oxygens (including phenoxy) is 2. The fraction of sp³-hybridized carbons (Fsp3) is 0.231. The Morgan fingerprint density at radius 3 is 2.78 bits per heavy atom. The molecule has 3 aliphatic heterocycles. The van der Waals surface area contributed by atoms with E-state index in [4.69, 9.17) is 19.9 Å². The van der Waals surface area contributed by atoms with Gasteiger partial charge < -0.3 is 19.8 Å². The smallest absolute Gasteiger partial charge is 0.189 e. The van der Waals surface area contributed by atoms with E-state index in [0.717, 1.165) is 64.5 Å². The van der Waals surface area contributed by atoms with E-state index in [-0.39, 0.29) is 0 Å². The molecule has 32 heavy (non-hydrogen) atoms. The summed E-state index contributed by atoms with van der Waals surface area (Å²) < 4.78 is 11.3. The van der Waals surface area contributed by atoms with Gasteiger partial charge in [0.1, 0.15) is 12.4 Å². The van der Waals surface area contributed by atoms with Crippen molar-refractivity contribution < 1.29 is 9.47 Å². The molecule has 3 aliphatic rings. The van der Waals surface area contributed by atoms with Crippen molar-refractivity contribution in [1.82, 2.24) is 4.98 Å². The first kappa shape index (κ1) is 19.1. The minimum absolute atomic E-state index is 0.513. The maximum Gasteiger partial charge on any atom is 0.189 e. The first-order valence-electron chi connectivity index (χ1n) is 10.9. The Hall–Kier alpha value is -3.64. The molecule has 1 spiro atoms. The molecule has 2 aromatic carbocycles. The van der Waals surface area contributed by atoms with Crippen molar-refractivity contribution in [3.63, 3.8) is 0 Å². The zero-order valence-corrected chi connectivity index (χ0v) is 17.9. The highest BCUT2D eigenvalue weighted by atomic mass is 16.6. The topological polar surface area (TPSA) is 85.8 Å². The lowest BCUT2D eigenvalue weighted by Gasteiger charge is -2.08. The van der Waals surface area contributed by atoms with Gasteiger partial charge in [-0.3, -0.25) is 5.41 Å². The van der Waals surface area contributed by atoms with Gasteiger partial charge in [0.05, 0.1) is 29.9 Å². The maximum absolute atomic E-state index is 8.75. The Morgan fingerprint density at radius 2 is 2.00 bits per heavy atom. The van der Waals surface area contributed by atoms with E-state index in [1.165, 1.54) is 5.56 Å². The minimum Gasteiger partial charge on any atom is -0.495 e. The second-order valence-electron chi connectivity index (χ2n) is 8.42. The summed E-state index contributed by atoms with van der Waals surface area (Å²) in [6.45, 7) is 0.608. The second-order valence-corrected chi connectivity index (χ2v) is 8.42. The summed E-state index contributed by atoms with van der Waals surface area (Å²) in [4.78, 5) is 8.21. The number of nitrogens with zero attached hydrogens (tertiary/aromatic N) is 1. The number of aromatic amines is 1. The summed E-state index contributed by atoms with van der Waals surface area (Å²) in [5.74, 6) is 0.784. The molecule has 6 nitrogen and oxygen atoms in total. The van der Waals surface area contributed by atoms with E-state index < -0.39 is 5.72 Å². The van der Waals surface area contributed by atoms with Crippen LogP contribution in [0.5, 0.6) is 5.75 Å². The Kier molecular flexibility index (Phi) is 4.30. The lowest BCUT2D eigenvalue weighted by Crippen LogP contribution is -2.17. The lowest BCUT2D eigenvalue weighted by atomic mass is 9.95. The predicted molar refractivity (Wildman–Crippen MR) is 127 cm³/mol. The number of aryl methyl sites for hydroxylation is 1. The fourth-order valence-corrected chi connectivity index (χ4v) is 4.70. The Bertz CT molecular complexity index is 1280. The van der Waals surface area contributed by atoms with Crippen LogP contribution in [0.4, 0.5) is 11.4 Å². The number of aliphatic imine (C=N–C) groups is 1. The summed E-state index contributed by atoms with van der Waals surface area (Å²) in [5, 5.41) is 12.3. The van der Waals surface area contributed by atoms with Crippen LogP contribution in [0.2, 0.25) is 0 Å². The molecule has 6 rings (SSSR count). The zero-order chi connectivity index (χ0) is 21.7. The maximum atomic E-state index is 8.75. The van der Waals surface area contributed by atoms with Crippen LogP contribution in [0.3, 0.4) is 0 Å². The van der Waals surface area contributed by atoms with Gasteiger partial charge in [-0.05, 0) is 49.1 Å². The van der Waals surface area contributed by atoms with Crippen molar-refractivity contribution in [3.05, 3.63) is 77.1 Å². The molecule has 4 heterocycles. The molecular formula is C26H24N4O2. The van der Waals surface area contributed by atoms with Crippen LogP contribution in [0.1, 0.15) is 35.2 Å². The van der Waals surface area contributed by atoms with Crippen LogP contribution in [0, 0.1) is 5.41 Å². The van der Waals surface area contributed by atoms with Crippen LogP contribution >= 0.6 is 0 Å². The number of hydrogen-bond acceptors (Lipinski definition) is 5. The van der Waals surface area contributed by atoms with E-state index >= 15 is 0 Å². The van der Waals surface area contributed by atoms with Gasteiger partial charge in [-0.2, -0.15) is 0 Å². The number of H-pyrrole nitrogens is 1. The molecule has 1 fully saturated rings. The van der Waals surface area contributed by atoms with Crippen LogP contribution in [-0.4, -0.2) is 35.8 Å². The fourth-order valence-electron chi connectivity index (χ4n) is 4.70. The molecule has 6 heteroatoms. The number of rotatable bonds is 6. The van der Waals surface area contributed by atoms with Gasteiger partial charge >= 0.3 is 0 Å². The molecule has 0 amide bonds. The minimum atomic E-state index is -0.513. The molecule has 0 saturated carbocycles. The first-order valence-corrected chi connectivity index (χ1v) is 10.9. The summed E-state index contributed by atoms with van der Waals surface area (Å²) in [7, 11) is 1.67. The number of benzene rings is 2. The zero-order valence-electron chi connectivity index (χ0n) is 17.9. The van der Waals surface area contributed by atoms with E-state index in [1.807, 2.05) is 30.5 Å². The van der Waals surface area contributed by atoms with Gasteiger partial charge in [-0.25, -0.2) is 4.99 Å². The number of hydrogen-bond donors (Lipinski definition) is 3. The highest BCUT2D eigenvalue weighted by Crippen LogP contribution is 2.55. The van der Waals surface area contributed by atoms with Crippen LogP contribution in [0.15, 0.2) is 59.7 Å². The van der Waals surface area contributed by atoms with Gasteiger partial charge in [0.25, 0.3) is 0 Å². The summed E-state index contributed by atoms with van der Waals surface area (Å²) in [6, 6.07) is 16.4. The Balaban J connectivity index is 1.34. The third-order valence-electron chi connectivity index (χ3n) is 6.43. The third kappa shape index (κ3) is 2.99. The van der Waals surface area contributed by atoms with Gasteiger partial charge in [0.15, 0.2) is 5.72 Å². The van der Waals surface area contributed by atoms with Crippen molar-refractivity contribution in [2.45, 2.75) is 25.0 Å². The van der Waals surface area contributed by atoms with E-state index in [0.29, 0.717) is 12.3 Å². The van der Waals surface area contributed by atoms with Crippen LogP contribution in [0.25, 0.3) is 11.6 Å². The van der Waals surface area contributed by atoms with Gasteiger partial charge in [-0.1, -0.05) is 30.3 Å². The quantitative estimate of drug-likeness (QED) is 0.476. The normalized spacial score (nSPS) is 21.5. The van der Waals surface area contributed by atoms with Crippen molar-refractivity contribution in [2.75, 3.05) is 19.0 Å². The summed E-state index contributed by atoms with van der Waals surface area (Å²) >= 11 is 0. The standard InChI is InChI=1S/C26H24N4O2/c1-31-22-12-13-28-21(22)14-18-23-19(30-26(18)15-32-26)11-10-17-24(27)20(29-25(17)23)9-5-8-16-6-3-2-4-7-16/h2-4,6-7,10-14,27-28,30H,5,8-9,15H2,1H3/b18-14-,27-24?. The molecule has 160 valence electrons. The number of fused-ring (bicyclic) bond motifs is 3. The number of nitrogens with one attached hydrogen (secondary N) is 3. The molecule has 1 saturated heterocycles.